The van der Waals surface area contributed by atoms with Gasteiger partial charge < -0.3 is 15.0 Å². The number of amides is 1. The Balaban J connectivity index is 2.98. The van der Waals surface area contributed by atoms with Gasteiger partial charge in [0.1, 0.15) is 0 Å². The van der Waals surface area contributed by atoms with Crippen LogP contribution < -0.4 is 15.5 Å². The topological polar surface area (TPSA) is 71.2 Å². The Morgan fingerprint density at radius 2 is 2.33 bits per heavy atom. The minimum atomic E-state index is -0.192. The number of carbonyl (C=O) groups excluding carboxylic acids is 1. The minimum absolute atomic E-state index is 0.145. The highest BCUT2D eigenvalue weighted by molar-refractivity contribution is 14.1. The number of pyridine rings is 1. The van der Waals surface area contributed by atoms with Crippen molar-refractivity contribution in [2.24, 2.45) is 0 Å². The molecule has 0 aliphatic carbocycles. The van der Waals surface area contributed by atoms with Crippen LogP contribution in [0.4, 0.5) is 4.79 Å². The van der Waals surface area contributed by atoms with E-state index in [1.54, 1.807) is 29.5 Å². The van der Waals surface area contributed by atoms with E-state index < -0.39 is 0 Å². The SMILES string of the molecule is COc1cc(=O)c(CNC(=O)I)c(C)[nH]1. The number of aromatic nitrogens is 1. The predicted molar refractivity (Wildman–Crippen MR) is 64.6 cm³/mol. The van der Waals surface area contributed by atoms with E-state index in [1.165, 1.54) is 13.2 Å². The van der Waals surface area contributed by atoms with Gasteiger partial charge in [-0.15, -0.1) is 0 Å². The van der Waals surface area contributed by atoms with Crippen molar-refractivity contribution in [3.63, 3.8) is 0 Å². The van der Waals surface area contributed by atoms with E-state index in [2.05, 4.69) is 10.3 Å². The first-order valence-electron chi connectivity index (χ1n) is 4.24. The molecular formula is C9H11IN2O3. The number of halogens is 1. The average molecular weight is 322 g/mol. The Labute approximate surface area is 100 Å². The van der Waals surface area contributed by atoms with Crippen LogP contribution in [0, 0.1) is 6.92 Å². The maximum Gasteiger partial charge on any atom is 0.280 e. The first-order chi connectivity index (χ1) is 7.04. The molecule has 0 aliphatic heterocycles. The molecule has 0 aliphatic rings. The summed E-state index contributed by atoms with van der Waals surface area (Å²) in [4.78, 5) is 25.2. The van der Waals surface area contributed by atoms with Crippen molar-refractivity contribution in [1.82, 2.24) is 10.3 Å². The summed E-state index contributed by atoms with van der Waals surface area (Å²) in [5.74, 6) is 0.419. The van der Waals surface area contributed by atoms with Gasteiger partial charge in [-0.1, -0.05) is 0 Å². The van der Waals surface area contributed by atoms with Crippen molar-refractivity contribution in [3.8, 4) is 5.88 Å². The standard InChI is InChI=1S/C9H11IN2O3/c1-5-6(4-11-9(10)14)7(13)3-8(12-5)15-2/h3H,4H2,1-2H3,(H,11,14)(H,12,13). The number of methoxy groups -OCH3 is 1. The Hall–Kier alpha value is -1.05. The van der Waals surface area contributed by atoms with Crippen LogP contribution >= 0.6 is 22.6 Å². The third kappa shape index (κ3) is 3.22. The highest BCUT2D eigenvalue weighted by Crippen LogP contribution is 2.06. The van der Waals surface area contributed by atoms with Crippen molar-refractivity contribution >= 4 is 26.5 Å². The molecule has 0 radical (unpaired) electrons. The molecule has 2 N–H and O–H groups in total. The first kappa shape index (κ1) is 12.0. The monoisotopic (exact) mass is 322 g/mol. The zero-order chi connectivity index (χ0) is 11.4. The number of aromatic amines is 1. The lowest BCUT2D eigenvalue weighted by molar-refractivity contribution is 0.262. The molecule has 1 aromatic rings. The fourth-order valence-electron chi connectivity index (χ4n) is 1.17. The summed E-state index contributed by atoms with van der Waals surface area (Å²) in [6.07, 6.45) is 0. The third-order valence-corrected chi connectivity index (χ3v) is 2.33. The second-order valence-corrected chi connectivity index (χ2v) is 3.91. The van der Waals surface area contributed by atoms with Crippen LogP contribution in [0.2, 0.25) is 0 Å². The Bertz CT molecular complexity index is 428. The smallest absolute Gasteiger partial charge is 0.280 e. The van der Waals surface area contributed by atoms with Crippen LogP contribution in [0.5, 0.6) is 5.88 Å². The highest BCUT2D eigenvalue weighted by atomic mass is 127. The molecule has 1 rings (SSSR count). The fourth-order valence-corrected chi connectivity index (χ4v) is 1.37. The van der Waals surface area contributed by atoms with Gasteiger partial charge in [0, 0.05) is 46.5 Å². The van der Waals surface area contributed by atoms with Crippen molar-refractivity contribution in [2.45, 2.75) is 13.5 Å². The van der Waals surface area contributed by atoms with Crippen LogP contribution in [0.1, 0.15) is 11.3 Å². The minimum Gasteiger partial charge on any atom is -0.482 e. The van der Waals surface area contributed by atoms with E-state index in [0.717, 1.165) is 0 Å². The molecule has 82 valence electrons. The Morgan fingerprint density at radius 3 is 2.80 bits per heavy atom. The number of carbonyl (C=O) groups is 1. The quantitative estimate of drug-likeness (QED) is 0.501. The summed E-state index contributed by atoms with van der Waals surface area (Å²) < 4.78 is 4.72. The van der Waals surface area contributed by atoms with Crippen molar-refractivity contribution in [1.29, 1.82) is 0 Å². The molecule has 0 spiro atoms. The van der Waals surface area contributed by atoms with E-state index in [4.69, 9.17) is 4.74 Å². The number of ether oxygens (including phenoxy) is 1. The molecule has 0 saturated carbocycles. The van der Waals surface area contributed by atoms with Crippen LogP contribution in [-0.4, -0.2) is 16.0 Å². The molecular weight excluding hydrogens is 311 g/mol. The number of aryl methyl sites for hydroxylation is 1. The number of rotatable bonds is 3. The van der Waals surface area contributed by atoms with Gasteiger partial charge in [-0.2, -0.15) is 0 Å². The fraction of sp³-hybridized carbons (Fsp3) is 0.333. The van der Waals surface area contributed by atoms with Gasteiger partial charge in [0.25, 0.3) is 3.91 Å². The Kier molecular flexibility index (Phi) is 4.13. The van der Waals surface area contributed by atoms with E-state index >= 15 is 0 Å². The van der Waals surface area contributed by atoms with Crippen LogP contribution in [0.3, 0.4) is 0 Å². The van der Waals surface area contributed by atoms with Gasteiger partial charge in [-0.05, 0) is 6.92 Å². The van der Waals surface area contributed by atoms with Gasteiger partial charge in [0.2, 0.25) is 0 Å². The van der Waals surface area contributed by atoms with E-state index in [1.807, 2.05) is 0 Å². The summed E-state index contributed by atoms with van der Waals surface area (Å²) in [5.41, 5.74) is 1.10. The van der Waals surface area contributed by atoms with Crippen molar-refractivity contribution in [3.05, 3.63) is 27.5 Å². The van der Waals surface area contributed by atoms with Crippen molar-refractivity contribution in [2.75, 3.05) is 7.11 Å². The second kappa shape index (κ2) is 5.15. The molecule has 1 aromatic heterocycles. The molecule has 1 amide bonds. The molecule has 15 heavy (non-hydrogen) atoms. The molecule has 5 nitrogen and oxygen atoms in total. The van der Waals surface area contributed by atoms with Crippen LogP contribution in [0.15, 0.2) is 10.9 Å². The van der Waals surface area contributed by atoms with Gasteiger partial charge in [0.05, 0.1) is 7.11 Å². The molecule has 0 unspecified atom stereocenters. The van der Waals surface area contributed by atoms with Crippen LogP contribution in [0.25, 0.3) is 0 Å². The average Bonchev–Trinajstić information content (AvgIpc) is 2.15. The molecule has 0 saturated heterocycles. The maximum absolute atomic E-state index is 11.6. The summed E-state index contributed by atoms with van der Waals surface area (Å²) >= 11 is 1.62. The summed E-state index contributed by atoms with van der Waals surface area (Å²) in [5, 5.41) is 2.57. The largest absolute Gasteiger partial charge is 0.482 e. The number of nitrogens with one attached hydrogen (secondary N) is 2. The molecule has 0 atom stereocenters. The van der Waals surface area contributed by atoms with Gasteiger partial charge in [-0.25, -0.2) is 0 Å². The zero-order valence-electron chi connectivity index (χ0n) is 8.39. The van der Waals surface area contributed by atoms with Gasteiger partial charge in [-0.3, -0.25) is 9.59 Å². The number of hydrogen-bond donors (Lipinski definition) is 2. The predicted octanol–water partition coefficient (Wildman–Crippen LogP) is 1.34. The van der Waals surface area contributed by atoms with Gasteiger partial charge in [0.15, 0.2) is 11.3 Å². The third-order valence-electron chi connectivity index (χ3n) is 1.95. The molecule has 0 aromatic carbocycles. The lowest BCUT2D eigenvalue weighted by Gasteiger charge is -2.07. The maximum atomic E-state index is 11.6. The zero-order valence-corrected chi connectivity index (χ0v) is 10.5. The van der Waals surface area contributed by atoms with E-state index in [0.29, 0.717) is 17.1 Å². The van der Waals surface area contributed by atoms with Crippen LogP contribution in [-0.2, 0) is 6.54 Å². The summed E-state index contributed by atoms with van der Waals surface area (Å²) in [7, 11) is 1.48. The first-order valence-corrected chi connectivity index (χ1v) is 5.32. The number of H-pyrrole nitrogens is 1. The normalized spacial score (nSPS) is 9.80. The number of hydrogen-bond acceptors (Lipinski definition) is 3. The van der Waals surface area contributed by atoms with E-state index in [9.17, 15) is 9.59 Å². The lowest BCUT2D eigenvalue weighted by Crippen LogP contribution is -2.22. The highest BCUT2D eigenvalue weighted by Gasteiger charge is 2.07. The summed E-state index contributed by atoms with van der Waals surface area (Å²) in [6.45, 7) is 1.99. The van der Waals surface area contributed by atoms with Crippen molar-refractivity contribution < 1.29 is 9.53 Å². The molecule has 1 heterocycles. The molecule has 0 bridgehead atoms. The summed E-state index contributed by atoms with van der Waals surface area (Å²) in [6, 6.07) is 1.36. The van der Waals surface area contributed by atoms with E-state index in [-0.39, 0.29) is 15.9 Å². The molecule has 6 heteroatoms. The second-order valence-electron chi connectivity index (χ2n) is 2.93. The Morgan fingerprint density at radius 1 is 1.67 bits per heavy atom. The van der Waals surface area contributed by atoms with Gasteiger partial charge >= 0.3 is 0 Å². The lowest BCUT2D eigenvalue weighted by atomic mass is 10.2. The molecule has 0 fully saturated rings.